The summed E-state index contributed by atoms with van der Waals surface area (Å²) in [7, 11) is 0. The number of ether oxygens (including phenoxy) is 1. The molecule has 0 saturated carbocycles. The number of anilines is 1. The monoisotopic (exact) mass is 480 g/mol. The molecule has 1 atom stereocenters. The zero-order chi connectivity index (χ0) is 21.3. The summed E-state index contributed by atoms with van der Waals surface area (Å²) >= 11 is 4.73. The van der Waals surface area contributed by atoms with Crippen LogP contribution in [-0.4, -0.2) is 32.5 Å². The zero-order valence-corrected chi connectivity index (χ0v) is 19.6. The Labute approximate surface area is 183 Å². The molecule has 1 aliphatic heterocycles. The molecule has 0 spiro atoms. The number of nitrogens with zero attached hydrogens (tertiary/aromatic N) is 3. The Balaban J connectivity index is 1.70. The van der Waals surface area contributed by atoms with Gasteiger partial charge >= 0.3 is 6.09 Å². The van der Waals surface area contributed by atoms with Gasteiger partial charge in [0.2, 0.25) is 5.91 Å². The molecule has 7 nitrogen and oxygen atoms in total. The first kappa shape index (κ1) is 21.7. The summed E-state index contributed by atoms with van der Waals surface area (Å²) in [6.45, 7) is 10.1. The van der Waals surface area contributed by atoms with E-state index in [1.54, 1.807) is 17.2 Å². The average molecular weight is 481 g/mol. The molecule has 0 radical (unpaired) electrons. The molecule has 3 rings (SSSR count). The van der Waals surface area contributed by atoms with Crippen LogP contribution in [0.1, 0.15) is 56.9 Å². The van der Waals surface area contributed by atoms with Crippen molar-refractivity contribution < 1.29 is 14.3 Å². The van der Waals surface area contributed by atoms with Crippen LogP contribution in [0.4, 0.5) is 9.93 Å². The molecule has 0 bridgehead atoms. The lowest BCUT2D eigenvalue weighted by Crippen LogP contribution is -2.37. The number of carbonyl (C=O) groups excluding carboxylic acids is 2. The minimum atomic E-state index is -0.553. The zero-order valence-electron chi connectivity index (χ0n) is 17.2. The normalized spacial score (nSPS) is 16.1. The Bertz CT molecular complexity index is 905. The van der Waals surface area contributed by atoms with Crippen molar-refractivity contribution in [3.8, 4) is 0 Å². The average Bonchev–Trinajstić information content (AvgIpc) is 3.12. The molecule has 9 heteroatoms. The lowest BCUT2D eigenvalue weighted by atomic mass is 10.0. The van der Waals surface area contributed by atoms with E-state index in [1.165, 1.54) is 11.3 Å². The quantitative estimate of drug-likeness (QED) is 0.670. The number of halogens is 1. The van der Waals surface area contributed by atoms with Crippen LogP contribution < -0.4 is 5.32 Å². The van der Waals surface area contributed by atoms with Crippen LogP contribution in [0.25, 0.3) is 0 Å². The number of amides is 2. The van der Waals surface area contributed by atoms with Gasteiger partial charge in [0, 0.05) is 16.4 Å². The van der Waals surface area contributed by atoms with Crippen molar-refractivity contribution in [1.29, 1.82) is 0 Å². The third-order valence-electron chi connectivity index (χ3n) is 4.29. The Kier molecular flexibility index (Phi) is 6.28. The highest BCUT2D eigenvalue weighted by atomic mass is 79.9. The number of fused-ring (bicyclic) bond motifs is 1. The third-order valence-corrected chi connectivity index (χ3v) is 5.73. The van der Waals surface area contributed by atoms with Gasteiger partial charge in [-0.3, -0.25) is 14.7 Å². The minimum Gasteiger partial charge on any atom is -0.444 e. The van der Waals surface area contributed by atoms with Gasteiger partial charge in [-0.2, -0.15) is 0 Å². The number of thiazole rings is 1. The van der Waals surface area contributed by atoms with E-state index < -0.39 is 5.60 Å². The molecular weight excluding hydrogens is 456 g/mol. The van der Waals surface area contributed by atoms with Crippen molar-refractivity contribution in [2.75, 3.05) is 5.32 Å². The van der Waals surface area contributed by atoms with E-state index in [4.69, 9.17) is 4.74 Å². The second kappa shape index (κ2) is 8.39. The first-order chi connectivity index (χ1) is 13.5. The largest absolute Gasteiger partial charge is 0.444 e. The van der Waals surface area contributed by atoms with Gasteiger partial charge in [0.15, 0.2) is 5.13 Å². The Morgan fingerprint density at radius 2 is 2.10 bits per heavy atom. The van der Waals surface area contributed by atoms with Gasteiger partial charge in [0.25, 0.3) is 0 Å². The Morgan fingerprint density at radius 1 is 1.38 bits per heavy atom. The second-order valence-corrected chi connectivity index (χ2v) is 10.3. The number of hydrogen-bond acceptors (Lipinski definition) is 6. The SMILES string of the molecule is CC(C)C1c2nc(NC(=O)Cc3ccc(Br)cn3)sc2CN1C(=O)OC(C)(C)C. The molecule has 1 unspecified atom stereocenters. The van der Waals surface area contributed by atoms with Gasteiger partial charge in [-0.1, -0.05) is 25.2 Å². The van der Waals surface area contributed by atoms with Crippen LogP contribution >= 0.6 is 27.3 Å². The predicted molar refractivity (Wildman–Crippen MR) is 116 cm³/mol. The van der Waals surface area contributed by atoms with E-state index in [-0.39, 0.29) is 30.4 Å². The van der Waals surface area contributed by atoms with Crippen molar-refractivity contribution in [3.63, 3.8) is 0 Å². The molecule has 156 valence electrons. The first-order valence-electron chi connectivity index (χ1n) is 9.43. The van der Waals surface area contributed by atoms with E-state index in [0.29, 0.717) is 17.4 Å². The number of hydrogen-bond donors (Lipinski definition) is 1. The number of carbonyl (C=O) groups is 2. The summed E-state index contributed by atoms with van der Waals surface area (Å²) in [6, 6.07) is 3.49. The second-order valence-electron chi connectivity index (χ2n) is 8.32. The predicted octanol–water partition coefficient (Wildman–Crippen LogP) is 4.93. The lowest BCUT2D eigenvalue weighted by molar-refractivity contribution is -0.115. The van der Waals surface area contributed by atoms with Gasteiger partial charge < -0.3 is 10.1 Å². The highest BCUT2D eigenvalue weighted by Gasteiger charge is 2.40. The number of pyridine rings is 1. The van der Waals surface area contributed by atoms with Crippen molar-refractivity contribution in [2.24, 2.45) is 5.92 Å². The molecule has 0 saturated heterocycles. The summed E-state index contributed by atoms with van der Waals surface area (Å²) in [5.41, 5.74) is 0.973. The summed E-state index contributed by atoms with van der Waals surface area (Å²) in [5, 5.41) is 3.41. The maximum Gasteiger partial charge on any atom is 0.411 e. The molecule has 0 aromatic carbocycles. The van der Waals surface area contributed by atoms with Crippen molar-refractivity contribution >= 4 is 44.4 Å². The maximum absolute atomic E-state index is 12.6. The van der Waals surface area contributed by atoms with E-state index >= 15 is 0 Å². The first-order valence-corrected chi connectivity index (χ1v) is 11.0. The molecule has 2 aromatic rings. The van der Waals surface area contributed by atoms with Crippen molar-refractivity contribution in [1.82, 2.24) is 14.9 Å². The maximum atomic E-state index is 12.6. The van der Waals surface area contributed by atoms with Crippen LogP contribution in [0.3, 0.4) is 0 Å². The molecule has 3 heterocycles. The van der Waals surface area contributed by atoms with Gasteiger partial charge in [-0.05, 0) is 54.8 Å². The third kappa shape index (κ3) is 5.33. The molecule has 1 N–H and O–H groups in total. The minimum absolute atomic E-state index is 0.168. The molecular formula is C20H25BrN4O3S. The molecule has 2 aromatic heterocycles. The lowest BCUT2D eigenvalue weighted by Gasteiger charge is -2.30. The fourth-order valence-electron chi connectivity index (χ4n) is 3.18. The van der Waals surface area contributed by atoms with E-state index in [1.807, 2.05) is 40.7 Å². The smallest absolute Gasteiger partial charge is 0.411 e. The summed E-state index contributed by atoms with van der Waals surface area (Å²) < 4.78 is 6.42. The molecule has 29 heavy (non-hydrogen) atoms. The van der Waals surface area contributed by atoms with Crippen LogP contribution in [0.2, 0.25) is 0 Å². The van der Waals surface area contributed by atoms with E-state index in [0.717, 1.165) is 15.0 Å². The molecule has 0 fully saturated rings. The highest BCUT2D eigenvalue weighted by molar-refractivity contribution is 9.10. The van der Waals surface area contributed by atoms with Gasteiger partial charge in [-0.25, -0.2) is 9.78 Å². The molecule has 2 amide bonds. The number of nitrogens with one attached hydrogen (secondary N) is 1. The van der Waals surface area contributed by atoms with Crippen LogP contribution in [-0.2, 0) is 22.5 Å². The molecule has 1 aliphatic rings. The standard InChI is InChI=1S/C20H25BrN4O3S/c1-11(2)17-16-14(10-25(17)19(27)28-20(3,4)5)29-18(24-16)23-15(26)8-13-7-6-12(21)9-22-13/h6-7,9,11,17H,8,10H2,1-5H3,(H,23,24,26). The van der Waals surface area contributed by atoms with Gasteiger partial charge in [-0.15, -0.1) is 0 Å². The summed E-state index contributed by atoms with van der Waals surface area (Å²) in [5.74, 6) is -0.00118. The summed E-state index contributed by atoms with van der Waals surface area (Å²) in [6.07, 6.45) is 1.50. The Morgan fingerprint density at radius 3 is 2.69 bits per heavy atom. The topological polar surface area (TPSA) is 84.4 Å². The van der Waals surface area contributed by atoms with E-state index in [9.17, 15) is 9.59 Å². The fraction of sp³-hybridized carbons (Fsp3) is 0.500. The van der Waals surface area contributed by atoms with Gasteiger partial charge in [0.1, 0.15) is 5.60 Å². The van der Waals surface area contributed by atoms with Crippen molar-refractivity contribution in [3.05, 3.63) is 39.1 Å². The highest BCUT2D eigenvalue weighted by Crippen LogP contribution is 2.43. The fourth-order valence-corrected chi connectivity index (χ4v) is 4.43. The van der Waals surface area contributed by atoms with Crippen molar-refractivity contribution in [2.45, 2.75) is 59.2 Å². The van der Waals surface area contributed by atoms with Crippen LogP contribution in [0.5, 0.6) is 0 Å². The Hall–Kier alpha value is -2.00. The van der Waals surface area contributed by atoms with E-state index in [2.05, 4.69) is 31.2 Å². The van der Waals surface area contributed by atoms with Gasteiger partial charge in [0.05, 0.1) is 29.6 Å². The molecule has 0 aliphatic carbocycles. The number of aromatic nitrogens is 2. The van der Waals surface area contributed by atoms with Crippen LogP contribution in [0, 0.1) is 5.92 Å². The van der Waals surface area contributed by atoms with Crippen LogP contribution in [0.15, 0.2) is 22.8 Å². The summed E-state index contributed by atoms with van der Waals surface area (Å²) in [4.78, 5) is 36.5. The number of rotatable bonds is 4.